The highest BCUT2D eigenvalue weighted by Crippen LogP contribution is 2.49. The van der Waals surface area contributed by atoms with Crippen LogP contribution in [0.4, 0.5) is 10.5 Å². The van der Waals surface area contributed by atoms with E-state index in [9.17, 15) is 9.59 Å². The van der Waals surface area contributed by atoms with Gasteiger partial charge in [0.1, 0.15) is 22.6 Å². The summed E-state index contributed by atoms with van der Waals surface area (Å²) in [5.41, 5.74) is 0.651. The molecular formula is C30H33BrN2O5. The second-order valence-electron chi connectivity index (χ2n) is 10.1. The molecule has 0 radical (unpaired) electrons. The number of nitrogens with zero attached hydrogens (tertiary/aromatic N) is 1. The first kappa shape index (κ1) is 27.7. The number of halogens is 1. The molecule has 1 atom stereocenters. The summed E-state index contributed by atoms with van der Waals surface area (Å²) < 4.78 is 17.4. The average molecular weight is 582 g/mol. The molecule has 1 aliphatic heterocycles. The summed E-state index contributed by atoms with van der Waals surface area (Å²) in [5.74, 6) is 1.27. The molecule has 3 aromatic carbocycles. The summed E-state index contributed by atoms with van der Waals surface area (Å²) in [6, 6.07) is 20.4. The van der Waals surface area contributed by atoms with Crippen LogP contribution in [0.5, 0.6) is 11.5 Å². The number of Topliss-reactive ketones (excluding diaryl/α,β-unsaturated/α-hetero) is 1. The quantitative estimate of drug-likeness (QED) is 0.307. The highest BCUT2D eigenvalue weighted by atomic mass is 79.9. The van der Waals surface area contributed by atoms with Gasteiger partial charge in [-0.15, -0.1) is 0 Å². The molecule has 0 aromatic heterocycles. The normalized spacial score (nSPS) is 16.8. The van der Waals surface area contributed by atoms with Crippen molar-refractivity contribution in [2.45, 2.75) is 44.9 Å². The SMILES string of the molecule is COc1ccc(CNCCC2(c3ccccc3Br)C(=O)c3ccccc3N2C(=O)OC(C)(C)C)c(OC)c1. The number of ether oxygens (including phenoxy) is 3. The highest BCUT2D eigenvalue weighted by molar-refractivity contribution is 9.10. The third-order valence-corrected chi connectivity index (χ3v) is 7.21. The number of carbonyl (C=O) groups excluding carboxylic acids is 2. The van der Waals surface area contributed by atoms with Crippen LogP contribution in [0.3, 0.4) is 0 Å². The van der Waals surface area contributed by atoms with Crippen LogP contribution in [-0.2, 0) is 16.8 Å². The number of para-hydroxylation sites is 1. The van der Waals surface area contributed by atoms with Gasteiger partial charge >= 0.3 is 6.09 Å². The van der Waals surface area contributed by atoms with Gasteiger partial charge in [0.2, 0.25) is 0 Å². The fourth-order valence-corrected chi connectivity index (χ4v) is 5.45. The number of benzene rings is 3. The minimum absolute atomic E-state index is 0.144. The smallest absolute Gasteiger partial charge is 0.416 e. The van der Waals surface area contributed by atoms with Crippen molar-refractivity contribution < 1.29 is 23.8 Å². The van der Waals surface area contributed by atoms with E-state index < -0.39 is 17.2 Å². The molecule has 0 saturated heterocycles. The van der Waals surface area contributed by atoms with Crippen molar-refractivity contribution >= 4 is 33.5 Å². The molecule has 3 aromatic rings. The molecule has 200 valence electrons. The first-order valence-electron chi connectivity index (χ1n) is 12.5. The predicted octanol–water partition coefficient (Wildman–Crippen LogP) is 6.48. The Hall–Kier alpha value is -3.36. The van der Waals surface area contributed by atoms with Gasteiger partial charge in [0.25, 0.3) is 0 Å². The lowest BCUT2D eigenvalue weighted by molar-refractivity contribution is 0.0518. The van der Waals surface area contributed by atoms with Gasteiger partial charge in [0, 0.05) is 33.8 Å². The van der Waals surface area contributed by atoms with E-state index in [0.29, 0.717) is 47.8 Å². The van der Waals surface area contributed by atoms with E-state index >= 15 is 0 Å². The van der Waals surface area contributed by atoms with E-state index in [1.165, 1.54) is 4.90 Å². The summed E-state index contributed by atoms with van der Waals surface area (Å²) in [6.45, 7) is 6.40. The van der Waals surface area contributed by atoms with Gasteiger partial charge in [-0.1, -0.05) is 52.3 Å². The lowest BCUT2D eigenvalue weighted by Gasteiger charge is -2.39. The molecule has 1 unspecified atom stereocenters. The Kier molecular flexibility index (Phi) is 8.13. The molecule has 0 aliphatic carbocycles. The van der Waals surface area contributed by atoms with Gasteiger partial charge < -0.3 is 19.5 Å². The van der Waals surface area contributed by atoms with Crippen molar-refractivity contribution in [3.05, 3.63) is 87.9 Å². The Morgan fingerprint density at radius 3 is 2.39 bits per heavy atom. The maximum atomic E-state index is 14.3. The van der Waals surface area contributed by atoms with Crippen molar-refractivity contribution in [3.8, 4) is 11.5 Å². The number of hydrogen-bond acceptors (Lipinski definition) is 6. The molecule has 4 rings (SSSR count). The number of nitrogens with one attached hydrogen (secondary N) is 1. The fraction of sp³-hybridized carbons (Fsp3) is 0.333. The minimum atomic E-state index is -1.30. The van der Waals surface area contributed by atoms with Crippen molar-refractivity contribution in [1.82, 2.24) is 5.32 Å². The fourth-order valence-electron chi connectivity index (χ4n) is 4.84. The molecule has 7 nitrogen and oxygen atoms in total. The Labute approximate surface area is 232 Å². The van der Waals surface area contributed by atoms with Gasteiger partial charge in [-0.2, -0.15) is 0 Å². The van der Waals surface area contributed by atoms with Crippen LogP contribution in [0, 0.1) is 0 Å². The second kappa shape index (κ2) is 11.2. The van der Waals surface area contributed by atoms with Crippen LogP contribution in [0.1, 0.15) is 48.7 Å². The molecule has 1 heterocycles. The van der Waals surface area contributed by atoms with E-state index in [0.717, 1.165) is 10.0 Å². The topological polar surface area (TPSA) is 77.1 Å². The van der Waals surface area contributed by atoms with Crippen molar-refractivity contribution in [1.29, 1.82) is 0 Å². The van der Waals surface area contributed by atoms with Gasteiger partial charge in [-0.25, -0.2) is 4.79 Å². The summed E-state index contributed by atoms with van der Waals surface area (Å²) in [4.78, 5) is 29.5. The first-order valence-corrected chi connectivity index (χ1v) is 13.3. The third kappa shape index (κ3) is 5.28. The first-order chi connectivity index (χ1) is 18.1. The van der Waals surface area contributed by atoms with Crippen LogP contribution in [0.25, 0.3) is 0 Å². The lowest BCUT2D eigenvalue weighted by Crippen LogP contribution is -2.53. The standard InChI is InChI=1S/C30H33BrN2O5/c1-29(2,3)38-28(35)33-25-13-9-6-10-22(25)27(34)30(33,23-11-7-8-12-24(23)31)16-17-32-19-20-14-15-21(36-4)18-26(20)37-5/h6-15,18,32H,16-17,19H2,1-5H3. The number of amides is 1. The van der Waals surface area contributed by atoms with E-state index in [-0.39, 0.29) is 5.78 Å². The maximum Gasteiger partial charge on any atom is 0.416 e. The summed E-state index contributed by atoms with van der Waals surface area (Å²) >= 11 is 3.65. The molecule has 38 heavy (non-hydrogen) atoms. The van der Waals surface area contributed by atoms with Gasteiger partial charge in [0.15, 0.2) is 5.78 Å². The second-order valence-corrected chi connectivity index (χ2v) is 11.0. The van der Waals surface area contributed by atoms with Crippen LogP contribution < -0.4 is 19.7 Å². The van der Waals surface area contributed by atoms with Crippen LogP contribution in [0.15, 0.2) is 71.2 Å². The lowest BCUT2D eigenvalue weighted by atomic mass is 9.81. The molecule has 1 amide bonds. The Balaban J connectivity index is 1.72. The minimum Gasteiger partial charge on any atom is -0.497 e. The highest BCUT2D eigenvalue weighted by Gasteiger charge is 2.56. The Morgan fingerprint density at radius 1 is 1.00 bits per heavy atom. The van der Waals surface area contributed by atoms with E-state index in [1.807, 2.05) is 75.4 Å². The monoisotopic (exact) mass is 580 g/mol. The number of rotatable bonds is 8. The van der Waals surface area contributed by atoms with Gasteiger partial charge in [-0.05, 0) is 58.0 Å². The van der Waals surface area contributed by atoms with Crippen molar-refractivity contribution in [3.63, 3.8) is 0 Å². The summed E-state index contributed by atoms with van der Waals surface area (Å²) in [5, 5.41) is 3.44. The molecule has 0 spiro atoms. The van der Waals surface area contributed by atoms with E-state index in [1.54, 1.807) is 26.4 Å². The van der Waals surface area contributed by atoms with E-state index in [2.05, 4.69) is 21.2 Å². The zero-order chi connectivity index (χ0) is 27.5. The number of carbonyl (C=O) groups is 2. The molecule has 0 bridgehead atoms. The van der Waals surface area contributed by atoms with Gasteiger partial charge in [-0.3, -0.25) is 9.69 Å². The summed E-state index contributed by atoms with van der Waals surface area (Å²) in [7, 11) is 3.23. The van der Waals surface area contributed by atoms with Crippen molar-refractivity contribution in [2.24, 2.45) is 0 Å². The molecule has 0 fully saturated rings. The largest absolute Gasteiger partial charge is 0.497 e. The Bertz CT molecular complexity index is 1340. The predicted molar refractivity (Wildman–Crippen MR) is 151 cm³/mol. The zero-order valence-corrected chi connectivity index (χ0v) is 23.9. The number of methoxy groups -OCH3 is 2. The molecule has 1 aliphatic rings. The van der Waals surface area contributed by atoms with Crippen molar-refractivity contribution in [2.75, 3.05) is 25.7 Å². The van der Waals surface area contributed by atoms with Crippen LogP contribution in [-0.4, -0.2) is 38.2 Å². The molecule has 1 N–H and O–H groups in total. The Morgan fingerprint density at radius 2 is 1.71 bits per heavy atom. The van der Waals surface area contributed by atoms with Gasteiger partial charge in [0.05, 0.1) is 19.9 Å². The third-order valence-electron chi connectivity index (χ3n) is 6.52. The maximum absolute atomic E-state index is 14.3. The number of ketones is 1. The number of fused-ring (bicyclic) bond motifs is 1. The van der Waals surface area contributed by atoms with Crippen LogP contribution >= 0.6 is 15.9 Å². The number of hydrogen-bond donors (Lipinski definition) is 1. The molecule has 8 heteroatoms. The van der Waals surface area contributed by atoms with E-state index in [4.69, 9.17) is 14.2 Å². The number of anilines is 1. The zero-order valence-electron chi connectivity index (χ0n) is 22.3. The molecule has 0 saturated carbocycles. The van der Waals surface area contributed by atoms with Crippen LogP contribution in [0.2, 0.25) is 0 Å². The molecular weight excluding hydrogens is 548 g/mol. The average Bonchev–Trinajstić information content (AvgIpc) is 3.14. The summed E-state index contributed by atoms with van der Waals surface area (Å²) in [6.07, 6.45) is -0.246.